The molecule has 4 aromatic rings. The van der Waals surface area contributed by atoms with Gasteiger partial charge in [-0.2, -0.15) is 5.26 Å². The molecule has 5 heteroatoms. The quantitative estimate of drug-likeness (QED) is 0.467. The van der Waals surface area contributed by atoms with Gasteiger partial charge in [0.2, 0.25) is 0 Å². The molecule has 0 aliphatic rings. The van der Waals surface area contributed by atoms with E-state index in [-0.39, 0.29) is 5.82 Å². The number of nitrogen functional groups attached to an aromatic ring is 1. The molecule has 2 aromatic heterocycles. The van der Waals surface area contributed by atoms with Crippen LogP contribution in [0.4, 0.5) is 5.82 Å². The van der Waals surface area contributed by atoms with Gasteiger partial charge in [0.05, 0.1) is 5.69 Å². The van der Waals surface area contributed by atoms with Crippen molar-refractivity contribution in [3.63, 3.8) is 0 Å². The Morgan fingerprint density at radius 3 is 2.36 bits per heavy atom. The molecule has 4 rings (SSSR count). The van der Waals surface area contributed by atoms with Crippen LogP contribution in [0.15, 0.2) is 72.1 Å². The second-order valence-electron chi connectivity index (χ2n) is 6.30. The highest BCUT2D eigenvalue weighted by atomic mass is 32.1. The van der Waals surface area contributed by atoms with E-state index in [2.05, 4.69) is 11.1 Å². The van der Waals surface area contributed by atoms with Crippen LogP contribution in [-0.2, 0) is 0 Å². The third-order valence-corrected chi connectivity index (χ3v) is 5.44. The van der Waals surface area contributed by atoms with Crippen LogP contribution >= 0.6 is 11.3 Å². The van der Waals surface area contributed by atoms with Crippen LogP contribution in [0.2, 0.25) is 0 Å². The summed E-state index contributed by atoms with van der Waals surface area (Å²) in [5.41, 5.74) is 10.1. The predicted molar refractivity (Wildman–Crippen MR) is 113 cm³/mol. The molecular weight excluding hydrogens is 366 g/mol. The van der Waals surface area contributed by atoms with E-state index in [4.69, 9.17) is 10.5 Å². The van der Waals surface area contributed by atoms with Crippen molar-refractivity contribution in [3.05, 3.63) is 83.2 Å². The van der Waals surface area contributed by atoms with E-state index in [1.54, 1.807) is 11.3 Å². The number of nitriles is 1. The Morgan fingerprint density at radius 2 is 1.71 bits per heavy atom. The fourth-order valence-electron chi connectivity index (χ4n) is 2.98. The zero-order valence-corrected chi connectivity index (χ0v) is 16.0. The summed E-state index contributed by atoms with van der Waals surface area (Å²) in [6.07, 6.45) is 0. The van der Waals surface area contributed by atoms with E-state index < -0.39 is 0 Å². The van der Waals surface area contributed by atoms with Crippen molar-refractivity contribution in [2.75, 3.05) is 5.73 Å². The van der Waals surface area contributed by atoms with E-state index >= 15 is 0 Å². The summed E-state index contributed by atoms with van der Waals surface area (Å²) in [5, 5.41) is 11.6. The van der Waals surface area contributed by atoms with Crippen LogP contribution in [-0.4, -0.2) is 4.98 Å². The molecule has 0 aliphatic heterocycles. The second-order valence-corrected chi connectivity index (χ2v) is 7.22. The SMILES string of the molecule is Cc1ccsc1-c1cc(-c2ccc(Oc3ccccc3)cc2)nc(N)c1C#N. The van der Waals surface area contributed by atoms with E-state index in [1.807, 2.05) is 79.0 Å². The number of hydrogen-bond acceptors (Lipinski definition) is 5. The maximum absolute atomic E-state index is 9.55. The van der Waals surface area contributed by atoms with Gasteiger partial charge in [0.15, 0.2) is 0 Å². The maximum Gasteiger partial charge on any atom is 0.142 e. The normalized spacial score (nSPS) is 10.4. The lowest BCUT2D eigenvalue weighted by molar-refractivity contribution is 0.483. The number of anilines is 1. The molecule has 0 radical (unpaired) electrons. The number of ether oxygens (including phenoxy) is 1. The van der Waals surface area contributed by atoms with Crippen LogP contribution in [0.3, 0.4) is 0 Å². The summed E-state index contributed by atoms with van der Waals surface area (Å²) >= 11 is 1.59. The number of nitrogens with two attached hydrogens (primary N) is 1. The molecule has 0 saturated heterocycles. The van der Waals surface area contributed by atoms with Crippen molar-refractivity contribution in [1.82, 2.24) is 4.98 Å². The molecule has 2 aromatic carbocycles. The Balaban J connectivity index is 1.71. The van der Waals surface area contributed by atoms with Crippen molar-refractivity contribution in [2.45, 2.75) is 6.92 Å². The highest BCUT2D eigenvalue weighted by Gasteiger charge is 2.16. The Bertz CT molecular complexity index is 1160. The van der Waals surface area contributed by atoms with Crippen LogP contribution in [0.5, 0.6) is 11.5 Å². The summed E-state index contributed by atoms with van der Waals surface area (Å²) in [5.74, 6) is 1.77. The second kappa shape index (κ2) is 7.55. The molecule has 0 bridgehead atoms. The lowest BCUT2D eigenvalue weighted by Crippen LogP contribution is -1.99. The zero-order valence-electron chi connectivity index (χ0n) is 15.2. The third kappa shape index (κ3) is 3.46. The Kier molecular flexibility index (Phi) is 4.79. The number of nitrogens with zero attached hydrogens (tertiary/aromatic N) is 2. The summed E-state index contributed by atoms with van der Waals surface area (Å²) in [4.78, 5) is 5.49. The summed E-state index contributed by atoms with van der Waals surface area (Å²) in [6.45, 7) is 2.03. The lowest BCUT2D eigenvalue weighted by Gasteiger charge is -2.11. The van der Waals surface area contributed by atoms with E-state index in [0.29, 0.717) is 5.56 Å². The first-order valence-electron chi connectivity index (χ1n) is 8.74. The monoisotopic (exact) mass is 383 g/mol. The molecule has 136 valence electrons. The number of rotatable bonds is 4. The molecule has 0 unspecified atom stereocenters. The topological polar surface area (TPSA) is 71.9 Å². The fraction of sp³-hybridized carbons (Fsp3) is 0.0435. The molecule has 0 fully saturated rings. The number of para-hydroxylation sites is 1. The highest BCUT2D eigenvalue weighted by Crippen LogP contribution is 2.36. The standard InChI is InChI=1S/C23H17N3OS/c1-15-11-12-28-22(15)19-13-21(26-23(25)20(19)14-24)16-7-9-18(10-8-16)27-17-5-3-2-4-6-17/h2-13H,1H3,(H2,25,26). The van der Waals surface area contributed by atoms with Crippen LogP contribution in [0.25, 0.3) is 21.7 Å². The van der Waals surface area contributed by atoms with Gasteiger partial charge >= 0.3 is 0 Å². The lowest BCUT2D eigenvalue weighted by atomic mass is 10.0. The molecular formula is C23H17N3OS. The average molecular weight is 383 g/mol. The van der Waals surface area contributed by atoms with Gasteiger partial charge in [-0.15, -0.1) is 11.3 Å². The number of thiophene rings is 1. The molecule has 0 atom stereocenters. The van der Waals surface area contributed by atoms with Crippen molar-refractivity contribution in [3.8, 4) is 39.3 Å². The van der Waals surface area contributed by atoms with Gasteiger partial charge in [-0.05, 0) is 66.4 Å². The van der Waals surface area contributed by atoms with E-state index in [1.165, 1.54) is 0 Å². The molecule has 0 spiro atoms. The highest BCUT2D eigenvalue weighted by molar-refractivity contribution is 7.13. The molecule has 0 amide bonds. The predicted octanol–water partition coefficient (Wildman–Crippen LogP) is 6.03. The van der Waals surface area contributed by atoms with Gasteiger partial charge in [0.1, 0.15) is 28.9 Å². The Hall–Kier alpha value is -3.62. The zero-order chi connectivity index (χ0) is 19.5. The number of aromatic nitrogens is 1. The van der Waals surface area contributed by atoms with Gasteiger partial charge in [0.25, 0.3) is 0 Å². The third-order valence-electron chi connectivity index (χ3n) is 4.39. The van der Waals surface area contributed by atoms with Gasteiger partial charge < -0.3 is 10.5 Å². The van der Waals surface area contributed by atoms with Gasteiger partial charge in [-0.1, -0.05) is 18.2 Å². The van der Waals surface area contributed by atoms with Crippen LogP contribution in [0, 0.1) is 18.3 Å². The number of hydrogen-bond donors (Lipinski definition) is 1. The molecule has 4 nitrogen and oxygen atoms in total. The first-order chi connectivity index (χ1) is 13.7. The van der Waals surface area contributed by atoms with E-state index in [0.717, 1.165) is 38.8 Å². The van der Waals surface area contributed by atoms with Crippen molar-refractivity contribution in [1.29, 1.82) is 5.26 Å². The fourth-order valence-corrected chi connectivity index (χ4v) is 3.93. The molecule has 2 N–H and O–H groups in total. The van der Waals surface area contributed by atoms with Gasteiger partial charge in [-0.3, -0.25) is 0 Å². The number of benzene rings is 2. The van der Waals surface area contributed by atoms with E-state index in [9.17, 15) is 5.26 Å². The summed E-state index contributed by atoms with van der Waals surface area (Å²) < 4.78 is 5.84. The first kappa shape index (κ1) is 17.8. The molecule has 0 aliphatic carbocycles. The van der Waals surface area contributed by atoms with Crippen molar-refractivity contribution >= 4 is 17.2 Å². The molecule has 28 heavy (non-hydrogen) atoms. The minimum atomic E-state index is 0.243. The maximum atomic E-state index is 9.55. The summed E-state index contributed by atoms with van der Waals surface area (Å²) in [7, 11) is 0. The summed E-state index contributed by atoms with van der Waals surface area (Å²) in [6, 6.07) is 23.5. The van der Waals surface area contributed by atoms with Crippen LogP contribution in [0.1, 0.15) is 11.1 Å². The first-order valence-corrected chi connectivity index (χ1v) is 9.62. The van der Waals surface area contributed by atoms with Crippen molar-refractivity contribution in [2.24, 2.45) is 0 Å². The largest absolute Gasteiger partial charge is 0.457 e. The Labute approximate surface area is 167 Å². The van der Waals surface area contributed by atoms with Gasteiger partial charge in [0, 0.05) is 16.0 Å². The van der Waals surface area contributed by atoms with Crippen molar-refractivity contribution < 1.29 is 4.74 Å². The number of aryl methyl sites for hydroxylation is 1. The van der Waals surface area contributed by atoms with Gasteiger partial charge in [-0.25, -0.2) is 4.98 Å². The van der Waals surface area contributed by atoms with Crippen LogP contribution < -0.4 is 10.5 Å². The average Bonchev–Trinajstić information content (AvgIpc) is 3.14. The molecule has 0 saturated carbocycles. The smallest absolute Gasteiger partial charge is 0.142 e. The Morgan fingerprint density at radius 1 is 1.00 bits per heavy atom. The number of pyridine rings is 1. The minimum absolute atomic E-state index is 0.243. The molecule has 2 heterocycles. The minimum Gasteiger partial charge on any atom is -0.457 e.